The highest BCUT2D eigenvalue weighted by Gasteiger charge is 2.19. The van der Waals surface area contributed by atoms with Crippen molar-refractivity contribution in [1.82, 2.24) is 4.90 Å². The van der Waals surface area contributed by atoms with E-state index in [0.717, 1.165) is 48.7 Å². The highest BCUT2D eigenvalue weighted by molar-refractivity contribution is 5.96. The van der Waals surface area contributed by atoms with E-state index in [9.17, 15) is 9.90 Å². The maximum Gasteiger partial charge on any atom is 0.238 e. The molecule has 0 aliphatic carbocycles. The summed E-state index contributed by atoms with van der Waals surface area (Å²) >= 11 is 0. The highest BCUT2D eigenvalue weighted by atomic mass is 16.3. The molecule has 1 aliphatic heterocycles. The molecule has 1 fully saturated rings. The highest BCUT2D eigenvalue weighted by Crippen LogP contribution is 2.27. The average Bonchev–Trinajstić information content (AvgIpc) is 2.76. The second-order valence-electron chi connectivity index (χ2n) is 7.24. The van der Waals surface area contributed by atoms with E-state index in [1.165, 1.54) is 0 Å². The minimum absolute atomic E-state index is 0.00599. The second kappa shape index (κ2) is 8.80. The number of carbonyl (C=O) groups is 1. The fraction of sp³-hybridized carbons (Fsp3) is 0.208. The van der Waals surface area contributed by atoms with Gasteiger partial charge in [-0.3, -0.25) is 9.69 Å². The van der Waals surface area contributed by atoms with Crippen LogP contribution in [-0.4, -0.2) is 48.6 Å². The maximum atomic E-state index is 12.7. The monoisotopic (exact) mass is 387 g/mol. The summed E-state index contributed by atoms with van der Waals surface area (Å²) in [4.78, 5) is 17.1. The Bertz CT molecular complexity index is 949. The summed E-state index contributed by atoms with van der Waals surface area (Å²) in [6.07, 6.45) is 0. The first-order chi connectivity index (χ1) is 14.2. The Balaban J connectivity index is 1.34. The zero-order valence-electron chi connectivity index (χ0n) is 16.3. The van der Waals surface area contributed by atoms with E-state index in [1.807, 2.05) is 66.7 Å². The topological polar surface area (TPSA) is 55.8 Å². The molecule has 29 heavy (non-hydrogen) atoms. The Kier molecular flexibility index (Phi) is 5.77. The lowest BCUT2D eigenvalue weighted by atomic mass is 10.0. The number of piperazine rings is 1. The van der Waals surface area contributed by atoms with Crippen LogP contribution in [0.5, 0.6) is 5.75 Å². The minimum atomic E-state index is 0.00599. The SMILES string of the molecule is O=C(CN1CCN(c2ccc(O)cc2)CC1)Nc1ccccc1-c1ccccc1. The van der Waals surface area contributed by atoms with Gasteiger partial charge in [0.25, 0.3) is 0 Å². The number of phenols is 1. The van der Waals surface area contributed by atoms with Gasteiger partial charge in [-0.05, 0) is 35.9 Å². The van der Waals surface area contributed by atoms with Crippen LogP contribution >= 0.6 is 0 Å². The van der Waals surface area contributed by atoms with Crippen molar-refractivity contribution in [2.45, 2.75) is 0 Å². The summed E-state index contributed by atoms with van der Waals surface area (Å²) < 4.78 is 0. The van der Waals surface area contributed by atoms with Crippen LogP contribution in [0.25, 0.3) is 11.1 Å². The number of amides is 1. The van der Waals surface area contributed by atoms with Crippen LogP contribution in [-0.2, 0) is 4.79 Å². The molecule has 0 bridgehead atoms. The number of anilines is 2. The third kappa shape index (κ3) is 4.76. The fourth-order valence-electron chi connectivity index (χ4n) is 3.68. The van der Waals surface area contributed by atoms with Crippen LogP contribution in [0.1, 0.15) is 0 Å². The number of carbonyl (C=O) groups excluding carboxylic acids is 1. The molecule has 1 heterocycles. The van der Waals surface area contributed by atoms with Gasteiger partial charge in [0.05, 0.1) is 6.54 Å². The minimum Gasteiger partial charge on any atom is -0.508 e. The Morgan fingerprint density at radius 3 is 2.21 bits per heavy atom. The van der Waals surface area contributed by atoms with E-state index in [0.29, 0.717) is 6.54 Å². The van der Waals surface area contributed by atoms with Crippen molar-refractivity contribution in [2.75, 3.05) is 42.9 Å². The number of aromatic hydroxyl groups is 1. The van der Waals surface area contributed by atoms with Gasteiger partial charge >= 0.3 is 0 Å². The molecule has 1 amide bonds. The average molecular weight is 387 g/mol. The molecule has 5 nitrogen and oxygen atoms in total. The first-order valence-electron chi connectivity index (χ1n) is 9.90. The van der Waals surface area contributed by atoms with E-state index in [4.69, 9.17) is 0 Å². The van der Waals surface area contributed by atoms with Gasteiger partial charge in [-0.25, -0.2) is 0 Å². The van der Waals surface area contributed by atoms with Crippen LogP contribution in [0.4, 0.5) is 11.4 Å². The van der Waals surface area contributed by atoms with Crippen LogP contribution in [0, 0.1) is 0 Å². The number of nitrogens with zero attached hydrogens (tertiary/aromatic N) is 2. The Labute approximate surface area is 171 Å². The van der Waals surface area contributed by atoms with Crippen molar-refractivity contribution >= 4 is 17.3 Å². The van der Waals surface area contributed by atoms with E-state index < -0.39 is 0 Å². The van der Waals surface area contributed by atoms with Gasteiger partial charge in [-0.15, -0.1) is 0 Å². The van der Waals surface area contributed by atoms with E-state index in [2.05, 4.69) is 15.1 Å². The predicted octanol–water partition coefficient (Wildman–Crippen LogP) is 3.82. The number of benzene rings is 3. The van der Waals surface area contributed by atoms with E-state index in [-0.39, 0.29) is 11.7 Å². The third-order valence-corrected chi connectivity index (χ3v) is 5.24. The predicted molar refractivity (Wildman–Crippen MR) is 117 cm³/mol. The molecular formula is C24H25N3O2. The van der Waals surface area contributed by atoms with Crippen molar-refractivity contribution in [3.05, 3.63) is 78.9 Å². The number of hydrogen-bond acceptors (Lipinski definition) is 4. The van der Waals surface area contributed by atoms with Crippen LogP contribution in [0.15, 0.2) is 78.9 Å². The first kappa shape index (κ1) is 19.0. The molecule has 0 atom stereocenters. The van der Waals surface area contributed by atoms with Crippen molar-refractivity contribution in [3.8, 4) is 16.9 Å². The molecule has 0 unspecified atom stereocenters. The Morgan fingerprint density at radius 2 is 1.48 bits per heavy atom. The largest absolute Gasteiger partial charge is 0.508 e. The van der Waals surface area contributed by atoms with E-state index in [1.54, 1.807) is 12.1 Å². The molecule has 0 saturated carbocycles. The van der Waals surface area contributed by atoms with Gasteiger partial charge in [-0.1, -0.05) is 48.5 Å². The summed E-state index contributed by atoms with van der Waals surface area (Å²) in [5.74, 6) is 0.284. The number of hydrogen-bond donors (Lipinski definition) is 2. The molecular weight excluding hydrogens is 362 g/mol. The van der Waals surface area contributed by atoms with Crippen LogP contribution in [0.2, 0.25) is 0 Å². The zero-order valence-corrected chi connectivity index (χ0v) is 16.3. The van der Waals surface area contributed by atoms with Crippen LogP contribution in [0.3, 0.4) is 0 Å². The van der Waals surface area contributed by atoms with Crippen molar-refractivity contribution in [3.63, 3.8) is 0 Å². The summed E-state index contributed by atoms with van der Waals surface area (Å²) in [5, 5.41) is 12.5. The van der Waals surface area contributed by atoms with Gasteiger partial charge in [0.2, 0.25) is 5.91 Å². The second-order valence-corrected chi connectivity index (χ2v) is 7.24. The lowest BCUT2D eigenvalue weighted by Crippen LogP contribution is -2.48. The van der Waals surface area contributed by atoms with Gasteiger partial charge in [0, 0.05) is 43.1 Å². The molecule has 3 aromatic carbocycles. The number of para-hydroxylation sites is 1. The first-order valence-corrected chi connectivity index (χ1v) is 9.90. The molecule has 0 spiro atoms. The summed E-state index contributed by atoms with van der Waals surface area (Å²) in [5.41, 5.74) is 4.06. The van der Waals surface area contributed by atoms with Crippen LogP contribution < -0.4 is 10.2 Å². The number of rotatable bonds is 5. The number of nitrogens with one attached hydrogen (secondary N) is 1. The molecule has 2 N–H and O–H groups in total. The van der Waals surface area contributed by atoms with Gasteiger partial charge in [0.1, 0.15) is 5.75 Å². The summed E-state index contributed by atoms with van der Waals surface area (Å²) in [7, 11) is 0. The Morgan fingerprint density at radius 1 is 0.828 bits per heavy atom. The third-order valence-electron chi connectivity index (χ3n) is 5.24. The quantitative estimate of drug-likeness (QED) is 0.699. The molecule has 1 saturated heterocycles. The molecule has 3 aromatic rings. The van der Waals surface area contributed by atoms with Crippen molar-refractivity contribution < 1.29 is 9.90 Å². The van der Waals surface area contributed by atoms with Gasteiger partial charge in [-0.2, -0.15) is 0 Å². The normalized spacial score (nSPS) is 14.6. The summed E-state index contributed by atoms with van der Waals surface area (Å²) in [6.45, 7) is 3.76. The lowest BCUT2D eigenvalue weighted by Gasteiger charge is -2.35. The number of phenolic OH excluding ortho intramolecular Hbond substituents is 1. The molecule has 4 rings (SSSR count). The molecule has 0 aromatic heterocycles. The molecule has 1 aliphatic rings. The van der Waals surface area contributed by atoms with Gasteiger partial charge < -0.3 is 15.3 Å². The van der Waals surface area contributed by atoms with E-state index >= 15 is 0 Å². The fourth-order valence-corrected chi connectivity index (χ4v) is 3.68. The van der Waals surface area contributed by atoms with Crippen molar-refractivity contribution in [1.29, 1.82) is 0 Å². The maximum absolute atomic E-state index is 12.7. The van der Waals surface area contributed by atoms with Gasteiger partial charge in [0.15, 0.2) is 0 Å². The molecule has 148 valence electrons. The standard InChI is InChI=1S/C24H25N3O2/c28-21-12-10-20(11-13-21)27-16-14-26(15-17-27)18-24(29)25-23-9-5-4-8-22(23)19-6-2-1-3-7-19/h1-13,28H,14-18H2,(H,25,29). The lowest BCUT2D eigenvalue weighted by molar-refractivity contribution is -0.117. The molecule has 0 radical (unpaired) electrons. The Hall–Kier alpha value is -3.31. The van der Waals surface area contributed by atoms with Crippen molar-refractivity contribution in [2.24, 2.45) is 0 Å². The zero-order chi connectivity index (χ0) is 20.1. The molecule has 5 heteroatoms. The summed E-state index contributed by atoms with van der Waals surface area (Å²) in [6, 6.07) is 25.3. The smallest absolute Gasteiger partial charge is 0.238 e.